The molecule has 5 aromatic heterocycles. The molecule has 0 N–H and O–H groups in total. The number of para-hydroxylation sites is 8. The summed E-state index contributed by atoms with van der Waals surface area (Å²) in [5.41, 5.74) is 19.8. The molecule has 9 heteroatoms. The third-order valence-corrected chi connectivity index (χ3v) is 18.2. The summed E-state index contributed by atoms with van der Waals surface area (Å²) in [6.45, 7) is 0. The van der Waals surface area contributed by atoms with Crippen LogP contribution in [0.3, 0.4) is 0 Å². The molecule has 18 aromatic rings. The molecule has 0 aliphatic rings. The number of benzene rings is 13. The molecule has 5 heterocycles. The monoisotopic (exact) mass is 1170 g/mol. The van der Waals surface area contributed by atoms with Crippen molar-refractivity contribution in [3.8, 4) is 91.3 Å². The van der Waals surface area contributed by atoms with E-state index in [1.807, 2.05) is 30.3 Å². The molecule has 13 aromatic carbocycles. The summed E-state index contributed by atoms with van der Waals surface area (Å²) in [6.07, 6.45) is 0. The van der Waals surface area contributed by atoms with Crippen LogP contribution in [0.5, 0.6) is 0 Å². The lowest BCUT2D eigenvalue weighted by atomic mass is 9.99. The maximum absolute atomic E-state index is 10.2. The molecule has 426 valence electrons. The molecule has 0 spiro atoms. The number of nitrogens with zero attached hydrogens (tertiary/aromatic N) is 9. The Bertz CT molecular complexity index is 6040. The third kappa shape index (κ3) is 8.20. The van der Waals surface area contributed by atoms with Gasteiger partial charge in [-0.05, 0) is 144 Å². The van der Waals surface area contributed by atoms with Crippen molar-refractivity contribution in [3.63, 3.8) is 0 Å². The number of nitriles is 2. The quantitative estimate of drug-likeness (QED) is 0.143. The van der Waals surface area contributed by atoms with Gasteiger partial charge >= 0.3 is 0 Å². The summed E-state index contributed by atoms with van der Waals surface area (Å²) in [7, 11) is 0. The zero-order valence-corrected chi connectivity index (χ0v) is 49.3. The molecular weight excluding hydrogens is 1120 g/mol. The van der Waals surface area contributed by atoms with Gasteiger partial charge in [0.1, 0.15) is 0 Å². The third-order valence-electron chi connectivity index (χ3n) is 18.2. The van der Waals surface area contributed by atoms with Crippen LogP contribution < -0.4 is 0 Å². The van der Waals surface area contributed by atoms with Crippen molar-refractivity contribution >= 4 is 87.2 Å². The van der Waals surface area contributed by atoms with Gasteiger partial charge in [0, 0.05) is 71.2 Å². The summed E-state index contributed by atoms with van der Waals surface area (Å²) < 4.78 is 9.37. The molecule has 0 saturated carbocycles. The maximum atomic E-state index is 10.2. The molecule has 9 nitrogen and oxygen atoms in total. The standard InChI is InChI=1S/C83H49N9/c84-50-52-42-53(51-85)44-57(43-52)58-45-59(89-71-30-12-4-22-61(71)62-23-5-13-31-72(62)89)49-60(46-58)90-73-32-14-8-26-65(73)69-47-55(38-40-79(69)90)56-39-41-80-70(48-56)66-27-9-17-35-76(66)92(80)78-37-19-11-29-68(78)83-87-81(54-20-2-1-3-21-54)86-82(88-83)67-28-10-18-36-77(67)91-74-33-15-6-24-63(74)64-25-7-16-34-75(64)91/h1-49H. The van der Waals surface area contributed by atoms with Gasteiger partial charge in [0.05, 0.1) is 78.8 Å². The molecule has 0 aliphatic heterocycles. The van der Waals surface area contributed by atoms with Gasteiger partial charge in [-0.1, -0.05) is 176 Å². The maximum Gasteiger partial charge on any atom is 0.166 e. The highest BCUT2D eigenvalue weighted by Crippen LogP contribution is 2.43. The number of rotatable bonds is 9. The lowest BCUT2D eigenvalue weighted by molar-refractivity contribution is 1.06. The van der Waals surface area contributed by atoms with E-state index in [1.165, 1.54) is 10.8 Å². The van der Waals surface area contributed by atoms with E-state index < -0.39 is 0 Å². The molecule has 92 heavy (non-hydrogen) atoms. The van der Waals surface area contributed by atoms with E-state index in [2.05, 4.69) is 291 Å². The molecule has 0 aliphatic carbocycles. The van der Waals surface area contributed by atoms with E-state index in [4.69, 9.17) is 15.0 Å². The highest BCUT2D eigenvalue weighted by atomic mass is 15.1. The fourth-order valence-corrected chi connectivity index (χ4v) is 14.2. The van der Waals surface area contributed by atoms with Crippen LogP contribution in [-0.2, 0) is 0 Å². The van der Waals surface area contributed by atoms with E-state index in [9.17, 15) is 10.5 Å². The lowest BCUT2D eigenvalue weighted by Gasteiger charge is -2.16. The van der Waals surface area contributed by atoms with E-state index in [-0.39, 0.29) is 0 Å². The van der Waals surface area contributed by atoms with E-state index >= 15 is 0 Å². The zero-order chi connectivity index (χ0) is 61.0. The second kappa shape index (κ2) is 20.9. The number of fused-ring (bicyclic) bond motifs is 12. The first kappa shape index (κ1) is 52.2. The van der Waals surface area contributed by atoms with Gasteiger partial charge in [0.15, 0.2) is 17.5 Å². The van der Waals surface area contributed by atoms with E-state index in [0.717, 1.165) is 138 Å². The summed E-state index contributed by atoms with van der Waals surface area (Å²) in [6, 6.07) is 109. The first-order valence-corrected chi connectivity index (χ1v) is 30.7. The fourth-order valence-electron chi connectivity index (χ4n) is 14.2. The normalized spacial score (nSPS) is 11.7. The van der Waals surface area contributed by atoms with Crippen molar-refractivity contribution in [1.29, 1.82) is 10.5 Å². The molecule has 0 fully saturated rings. The Morgan fingerprint density at radius 3 is 0.978 bits per heavy atom. The highest BCUT2D eigenvalue weighted by molar-refractivity contribution is 6.14. The van der Waals surface area contributed by atoms with Crippen molar-refractivity contribution in [2.24, 2.45) is 0 Å². The number of hydrogen-bond acceptors (Lipinski definition) is 5. The number of aromatic nitrogens is 7. The first-order chi connectivity index (χ1) is 45.5. The van der Waals surface area contributed by atoms with Crippen LogP contribution in [0, 0.1) is 22.7 Å². The second-order valence-electron chi connectivity index (χ2n) is 23.4. The summed E-state index contributed by atoms with van der Waals surface area (Å²) in [5, 5.41) is 29.5. The largest absolute Gasteiger partial charge is 0.309 e. The highest BCUT2D eigenvalue weighted by Gasteiger charge is 2.24. The zero-order valence-electron chi connectivity index (χ0n) is 49.3. The predicted octanol–water partition coefficient (Wildman–Crippen LogP) is 20.3. The topological polar surface area (TPSA) is 106 Å². The Kier molecular flexibility index (Phi) is 11.8. The van der Waals surface area contributed by atoms with Crippen LogP contribution in [0.15, 0.2) is 297 Å². The smallest absolute Gasteiger partial charge is 0.166 e. The van der Waals surface area contributed by atoms with Crippen molar-refractivity contribution in [2.45, 2.75) is 0 Å². The van der Waals surface area contributed by atoms with Crippen LogP contribution in [-0.4, -0.2) is 33.2 Å². The van der Waals surface area contributed by atoms with Crippen LogP contribution in [0.1, 0.15) is 11.1 Å². The Morgan fingerprint density at radius 1 is 0.228 bits per heavy atom. The Labute approximate surface area is 527 Å². The molecule has 18 rings (SSSR count). The minimum atomic E-state index is 0.431. The summed E-state index contributed by atoms with van der Waals surface area (Å²) in [4.78, 5) is 16.1. The summed E-state index contributed by atoms with van der Waals surface area (Å²) in [5.74, 6) is 1.72. The van der Waals surface area contributed by atoms with Crippen molar-refractivity contribution in [3.05, 3.63) is 308 Å². The Hall–Kier alpha value is -13.0. The second-order valence-corrected chi connectivity index (χ2v) is 23.4. The minimum Gasteiger partial charge on any atom is -0.309 e. The summed E-state index contributed by atoms with van der Waals surface area (Å²) >= 11 is 0. The van der Waals surface area contributed by atoms with Crippen molar-refractivity contribution in [1.82, 2.24) is 33.2 Å². The predicted molar refractivity (Wildman–Crippen MR) is 374 cm³/mol. The van der Waals surface area contributed by atoms with Crippen LogP contribution in [0.25, 0.3) is 166 Å². The molecule has 0 saturated heterocycles. The van der Waals surface area contributed by atoms with Gasteiger partial charge in [0.25, 0.3) is 0 Å². The van der Waals surface area contributed by atoms with Crippen LogP contribution >= 0.6 is 0 Å². The number of hydrogen-bond donors (Lipinski definition) is 0. The molecule has 0 bridgehead atoms. The molecule has 0 atom stereocenters. The average Bonchev–Trinajstić information content (AvgIpc) is 1.86. The Balaban J connectivity index is 0.788. The van der Waals surface area contributed by atoms with Crippen LogP contribution in [0.2, 0.25) is 0 Å². The SMILES string of the molecule is N#Cc1cc(C#N)cc(-c2cc(-n3c4ccccc4c4ccccc43)cc(-n3c4ccccc4c4cc(-c5ccc6c(c5)c5ccccc5n6-c5ccccc5-c5nc(-c6ccccc6)nc(-c6ccccc6-n6c7ccccc7c7ccccc76)n5)ccc43)c2)c1. The van der Waals surface area contributed by atoms with Gasteiger partial charge in [-0.2, -0.15) is 10.5 Å². The van der Waals surface area contributed by atoms with Crippen LogP contribution in [0.4, 0.5) is 0 Å². The van der Waals surface area contributed by atoms with Gasteiger partial charge in [-0.25, -0.2) is 15.0 Å². The van der Waals surface area contributed by atoms with Gasteiger partial charge in [-0.3, -0.25) is 0 Å². The van der Waals surface area contributed by atoms with Gasteiger partial charge < -0.3 is 18.3 Å². The molecule has 0 amide bonds. The first-order valence-electron chi connectivity index (χ1n) is 30.7. The van der Waals surface area contributed by atoms with E-state index in [1.54, 1.807) is 6.07 Å². The fraction of sp³-hybridized carbons (Fsp3) is 0. The molecular formula is C83H49N9. The molecule has 0 unspecified atom stereocenters. The Morgan fingerprint density at radius 2 is 0.554 bits per heavy atom. The van der Waals surface area contributed by atoms with E-state index in [0.29, 0.717) is 28.6 Å². The minimum absolute atomic E-state index is 0.431. The average molecular weight is 1170 g/mol. The van der Waals surface area contributed by atoms with Crippen molar-refractivity contribution < 1.29 is 0 Å². The molecule has 0 radical (unpaired) electrons. The van der Waals surface area contributed by atoms with Crippen molar-refractivity contribution in [2.75, 3.05) is 0 Å². The van der Waals surface area contributed by atoms with Gasteiger partial charge in [0.2, 0.25) is 0 Å². The lowest BCUT2D eigenvalue weighted by Crippen LogP contribution is -2.05. The van der Waals surface area contributed by atoms with Gasteiger partial charge in [-0.15, -0.1) is 0 Å².